The number of carbonyl (C=O) groups is 6. The minimum atomic E-state index is -5.43. The summed E-state index contributed by atoms with van der Waals surface area (Å²) in [6, 6.07) is 0. The highest BCUT2D eigenvalue weighted by molar-refractivity contribution is 7.73. The summed E-state index contributed by atoms with van der Waals surface area (Å²) in [7, 11) is 1.43. The van der Waals surface area contributed by atoms with Crippen molar-refractivity contribution in [2.24, 2.45) is 0 Å². The third-order valence-corrected chi connectivity index (χ3v) is 29.2. The second-order valence-corrected chi connectivity index (χ2v) is 58.8. The second kappa shape index (κ2) is 47.2. The molecule has 5 saturated heterocycles. The maximum absolute atomic E-state index is 12.6. The Morgan fingerprint density at radius 1 is 0.370 bits per heavy atom. The van der Waals surface area contributed by atoms with Gasteiger partial charge in [-0.25, -0.2) is 28.8 Å². The number of halogens is 3. The van der Waals surface area contributed by atoms with Crippen molar-refractivity contribution < 1.29 is 131 Å². The highest BCUT2D eigenvalue weighted by atomic mass is 31.2. The predicted molar refractivity (Wildman–Crippen MR) is 504 cm³/mol. The van der Waals surface area contributed by atoms with Crippen LogP contribution in [-0.4, -0.2) is 373 Å². The number of aliphatic hydroxyl groups is 11. The van der Waals surface area contributed by atoms with Crippen molar-refractivity contribution in [2.45, 2.75) is 227 Å². The highest BCUT2D eigenvalue weighted by Gasteiger charge is 2.51. The Hall–Kier alpha value is -8.17. The van der Waals surface area contributed by atoms with Crippen LogP contribution in [0.3, 0.4) is 0 Å². The fraction of sp³-hybridized carbons (Fsp3) is 0.627. The molecule has 44 nitrogen and oxygen atoms in total. The Kier molecular flexibility index (Phi) is 40.4. The third-order valence-electron chi connectivity index (χ3n) is 21.8. The molecule has 0 spiro atoms. The summed E-state index contributed by atoms with van der Waals surface area (Å²) in [6.45, 7) is 19.2. The first kappa shape index (κ1) is 116. The average molecular weight is 2020 g/mol. The second-order valence-electron chi connectivity index (χ2n) is 37.3. The largest absolute Gasteiger partial charge is 0.490 e. The zero-order chi connectivity index (χ0) is 103. The Bertz CT molecular complexity index is 5880. The minimum absolute atomic E-state index is 0.0911. The number of methoxy groups -OCH3 is 1. The summed E-state index contributed by atoms with van der Waals surface area (Å²) in [4.78, 5) is 199. The van der Waals surface area contributed by atoms with E-state index >= 15 is 0 Å². The number of carbonyl (C=O) groups excluding carboxylic acids is 6. The van der Waals surface area contributed by atoms with Crippen LogP contribution in [0.4, 0.5) is 13.2 Å². The van der Waals surface area contributed by atoms with Crippen LogP contribution in [0.1, 0.15) is 144 Å². The van der Waals surface area contributed by atoms with E-state index in [1.54, 1.807) is 4.98 Å². The Labute approximate surface area is 770 Å². The molecule has 3 unspecified atom stereocenters. The third kappa shape index (κ3) is 31.9. The topological polar surface area (TPSA) is 664 Å². The lowest BCUT2D eigenvalue weighted by molar-refractivity contribution is -0.205. The molecule has 23 atom stereocenters. The molecule has 0 radical (unpaired) electrons. The molecular formula is C83H126F3N10O34P5. The molecule has 5 aliphatic rings. The van der Waals surface area contributed by atoms with Gasteiger partial charge in [0.25, 0.3) is 27.8 Å². The Morgan fingerprint density at radius 2 is 0.600 bits per heavy atom. The molecule has 5 aliphatic heterocycles. The molecule has 0 aliphatic carbocycles. The lowest BCUT2D eigenvalue weighted by atomic mass is 10.1. The van der Waals surface area contributed by atoms with Crippen molar-refractivity contribution in [3.63, 3.8) is 0 Å². The first-order valence-corrected chi connectivity index (χ1v) is 57.3. The summed E-state index contributed by atoms with van der Waals surface area (Å²) in [5, 5.41) is 112. The first-order chi connectivity index (χ1) is 61.9. The Morgan fingerprint density at radius 3 is 0.837 bits per heavy atom. The van der Waals surface area contributed by atoms with E-state index in [9.17, 15) is 146 Å². The number of ketones is 5. The molecular weight excluding hydrogens is 1890 g/mol. The van der Waals surface area contributed by atoms with Gasteiger partial charge in [-0.2, -0.15) is 13.2 Å². The Balaban J connectivity index is 0.000000260. The van der Waals surface area contributed by atoms with Gasteiger partial charge in [0.05, 0.1) is 47.2 Å². The summed E-state index contributed by atoms with van der Waals surface area (Å²) >= 11 is 0. The molecule has 5 aromatic rings. The number of aliphatic hydroxyl groups excluding tert-OH is 11. The molecule has 0 bridgehead atoms. The van der Waals surface area contributed by atoms with E-state index < -0.39 is 267 Å². The first-order valence-electron chi connectivity index (χ1n) is 42.1. The number of nitrogens with zero attached hydrogens (tertiary/aromatic N) is 5. The minimum Gasteiger partial charge on any atom is -0.442 e. The van der Waals surface area contributed by atoms with Crippen LogP contribution in [0.15, 0.2) is 78.9 Å². The van der Waals surface area contributed by atoms with E-state index in [1.165, 1.54) is 37.9 Å². The molecule has 0 amide bonds. The van der Waals surface area contributed by atoms with Gasteiger partial charge < -0.3 is 89.3 Å². The lowest BCUT2D eigenvalue weighted by Gasteiger charge is -2.21. The van der Waals surface area contributed by atoms with Gasteiger partial charge in [0.15, 0.2) is 54.6 Å². The van der Waals surface area contributed by atoms with Crippen molar-refractivity contribution in [2.75, 3.05) is 105 Å². The molecule has 5 aromatic heterocycles. The number of nitrogens with one attached hydrogen (secondary N) is 5. The zero-order valence-electron chi connectivity index (χ0n) is 77.6. The summed E-state index contributed by atoms with van der Waals surface area (Å²) in [6.07, 6.45) is -1.61. The summed E-state index contributed by atoms with van der Waals surface area (Å²) in [5.74, 6) is -5.60. The smallest absolute Gasteiger partial charge is 0.442 e. The van der Waals surface area contributed by atoms with Gasteiger partial charge in [-0.05, 0) is 164 Å². The van der Waals surface area contributed by atoms with Gasteiger partial charge in [0, 0.05) is 62.1 Å². The fourth-order valence-electron chi connectivity index (χ4n) is 14.5. The molecule has 5 fully saturated rings. The molecule has 0 saturated carbocycles. The van der Waals surface area contributed by atoms with E-state index in [0.717, 1.165) is 71.5 Å². The van der Waals surface area contributed by atoms with Gasteiger partial charge in [0.1, 0.15) is 84.8 Å². The number of ether oxygens (including phenoxy) is 7. The fourth-order valence-corrected chi connectivity index (χ4v) is 19.2. The van der Waals surface area contributed by atoms with E-state index in [2.05, 4.69) is 72.9 Å². The quantitative estimate of drug-likeness (QED) is 0.0152. The van der Waals surface area contributed by atoms with Gasteiger partial charge >= 0.3 is 40.6 Å². The highest BCUT2D eigenvalue weighted by Crippen LogP contribution is 2.45. The van der Waals surface area contributed by atoms with E-state index in [0.29, 0.717) is 49.0 Å². The zero-order valence-corrected chi connectivity index (χ0v) is 82.1. The monoisotopic (exact) mass is 2020 g/mol. The molecule has 52 heteroatoms. The van der Waals surface area contributed by atoms with Crippen LogP contribution < -0.4 is 56.2 Å². The molecule has 135 heavy (non-hydrogen) atoms. The van der Waals surface area contributed by atoms with Crippen LogP contribution in [0.5, 0.6) is 0 Å². The number of rotatable bonds is 32. The number of aromatic amines is 5. The van der Waals surface area contributed by atoms with E-state index in [4.69, 9.17) is 28.4 Å². The maximum atomic E-state index is 12.6. The van der Waals surface area contributed by atoms with Gasteiger partial charge in [0.2, 0.25) is 0 Å². The molecule has 0 aromatic carbocycles. The van der Waals surface area contributed by atoms with Crippen molar-refractivity contribution in [1.29, 1.82) is 0 Å². The average Bonchev–Trinajstić information content (AvgIpc) is 1.30. The molecule has 10 rings (SSSR count). The predicted octanol–water partition coefficient (Wildman–Crippen LogP) is -2.83. The van der Waals surface area contributed by atoms with Crippen LogP contribution in [0.2, 0.25) is 0 Å². The van der Waals surface area contributed by atoms with Crippen LogP contribution in [0, 0.1) is 0 Å². The standard InChI is InChI=1S/C18H24F3N2O8P.C17H27N2O6P.2C16H25N2O7P.C16H25N2O6P/c1-8(24)13(31-16(28)18(19,20)21)9-7-23(17(29)22-14(9)27)15-12(26)11(25)10(30-15)5-6-32(2,3)4;1-10(20)8-11-9-19(17(23)18-15(11)22)16-14(24-2)13(21)12(25-16)6-7-26(3,4)5;2*1-8(19)11(20)9-7-18(16(24)17-14(9)23)15-13(22)12(21)10(25-15)5-6-26(2,3)4;1-9(19)7-10-8-18(16(23)17-14(10)22)15-13(21)12(20)11(24-15)5-6-25(2,3)4/h7,10-13,15,25-26H,2,5-6H2,1,3-4H3,(H,22,27,29);9,12-14,16,21H,3,6-8H2,1-2,4-5H3,(H,18,22,23);2*7,10-13,15,20-22H,2,5-6H2,1,3-4H3,(H,17,23,24);8,11-13,15,20-21H,2,5-7H2,1,3-4H3,(H,17,22,23)/t10-,11-,12-,13?,15-;12-,13-,14-,16-;2*10-,11?,12-,13-,15-;11-,12-,13-,15-/m11111/s1. The number of hydrogen-bond acceptors (Lipinski definition) is 34. The van der Waals surface area contributed by atoms with E-state index in [-0.39, 0.29) is 46.7 Å². The SMILES string of the molecule is C=P(C)(C)CC[C@H]1O[C@@H](n2cc(C(O)C(C)=O)c(=O)[nH]c2=O)[C@H](O)[C@@H]1O.C=P(C)(C)CC[C@H]1O[C@@H](n2cc(C(O)C(C)=O)c(=O)[nH]c2=O)[C@H](O)[C@@H]1O.C=P(C)(C)CC[C@H]1O[C@@H](n2cc(C(OC(=O)C(F)(F)F)C(C)=O)c(=O)[nH]c2=O)[C@H](O)[C@@H]1O.C=P(C)(C)CC[C@H]1O[C@@H](n2cc(CC(C)=O)c(=O)[nH]c2=O)[C@H](O)[C@@H]1O.C=P(C)(C)CC[C@H]1O[C@@H](n2cc(CC(C)=O)c(=O)[nH]c2=O)[C@H](OC)[C@@H]1O. The number of hydrogen-bond donors (Lipinski definition) is 16. The van der Waals surface area contributed by atoms with Crippen LogP contribution in [-0.2, 0) is 74.8 Å². The molecule has 10 heterocycles. The molecule has 16 N–H and O–H groups in total. The number of aromatic nitrogens is 10. The van der Waals surface area contributed by atoms with Crippen LogP contribution in [0.25, 0.3) is 0 Å². The normalized spacial score (nSPS) is 26.5. The summed E-state index contributed by atoms with van der Waals surface area (Å²) < 4.78 is 80.2. The number of H-pyrrole nitrogens is 5. The maximum Gasteiger partial charge on any atom is 0.490 e. The van der Waals surface area contributed by atoms with Gasteiger partial charge in [-0.15, -0.1) is 65.9 Å². The van der Waals surface area contributed by atoms with Crippen molar-refractivity contribution in [1.82, 2.24) is 47.8 Å². The van der Waals surface area contributed by atoms with Crippen molar-refractivity contribution in [3.05, 3.63) is 163 Å². The van der Waals surface area contributed by atoms with Gasteiger partial charge in [-0.1, -0.05) is 0 Å². The van der Waals surface area contributed by atoms with Gasteiger partial charge in [-0.3, -0.25) is 95.7 Å². The summed E-state index contributed by atoms with van der Waals surface area (Å²) in [5.41, 5.74) is -9.83. The van der Waals surface area contributed by atoms with Crippen molar-refractivity contribution >= 4 is 101 Å². The number of alkyl halides is 3. The van der Waals surface area contributed by atoms with Crippen molar-refractivity contribution in [3.8, 4) is 0 Å². The number of esters is 1. The number of Topliss-reactive ketones (excluding diaryl/α,β-unsaturated/α-hetero) is 5. The molecule has 758 valence electrons. The van der Waals surface area contributed by atoms with E-state index in [1.807, 2.05) is 50.0 Å². The van der Waals surface area contributed by atoms with Crippen LogP contribution >= 0.6 is 34.4 Å². The lowest BCUT2D eigenvalue weighted by Crippen LogP contribution is -2.40.